The summed E-state index contributed by atoms with van der Waals surface area (Å²) in [6.45, 7) is 2.27. The smallest absolute Gasteiger partial charge is 0.134 e. The third kappa shape index (κ3) is 5.35. The molecule has 0 saturated heterocycles. The Kier molecular flexibility index (Phi) is 7.86. The van der Waals surface area contributed by atoms with Gasteiger partial charge in [0.2, 0.25) is 0 Å². The lowest BCUT2D eigenvalue weighted by Crippen LogP contribution is -2.30. The molecule has 3 heteroatoms. The molecule has 4 rings (SSSR count). The minimum atomic E-state index is -0.455. The molecule has 0 aliphatic heterocycles. The molecule has 32 heavy (non-hydrogen) atoms. The fourth-order valence-electron chi connectivity index (χ4n) is 6.27. The van der Waals surface area contributed by atoms with E-state index in [9.17, 15) is 0 Å². The van der Waals surface area contributed by atoms with Gasteiger partial charge in [0.05, 0.1) is 12.7 Å². The van der Waals surface area contributed by atoms with Gasteiger partial charge in [0.15, 0.2) is 0 Å². The summed E-state index contributed by atoms with van der Waals surface area (Å²) < 4.78 is 35.2. The first-order valence-corrected chi connectivity index (χ1v) is 12.7. The summed E-state index contributed by atoms with van der Waals surface area (Å²) in [5.74, 6) is 2.51. The molecule has 2 aliphatic carbocycles. The van der Waals surface area contributed by atoms with E-state index in [-0.39, 0.29) is 11.5 Å². The third-order valence-electron chi connectivity index (χ3n) is 8.10. The minimum Gasteiger partial charge on any atom is -0.497 e. The zero-order valence-corrected chi connectivity index (χ0v) is 19.7. The van der Waals surface area contributed by atoms with Crippen LogP contribution in [0, 0.1) is 29.4 Å². The Morgan fingerprint density at radius 3 is 2.22 bits per heavy atom. The standard InChI is InChI=1S/C29H38F2O/c1-3-4-5-6-7-20-8-9-23-17-24(11-10-22(23)16-20)25-18-27(30)29(28(31)19-25)21-12-14-26(32-2)15-13-21/h12-15,18-20,22-24H,3-11,16-17H2,1-2H3. The van der Waals surface area contributed by atoms with Gasteiger partial charge in [-0.1, -0.05) is 57.6 Å². The summed E-state index contributed by atoms with van der Waals surface area (Å²) in [7, 11) is 1.58. The van der Waals surface area contributed by atoms with Crippen LogP contribution < -0.4 is 4.74 Å². The molecule has 0 radical (unpaired) electrons. The number of hydrogen-bond donors (Lipinski definition) is 0. The fraction of sp³-hybridized carbons (Fsp3) is 0.586. The van der Waals surface area contributed by atoms with E-state index in [1.165, 1.54) is 57.8 Å². The number of halogens is 2. The predicted molar refractivity (Wildman–Crippen MR) is 128 cm³/mol. The molecule has 2 fully saturated rings. The topological polar surface area (TPSA) is 9.23 Å². The van der Waals surface area contributed by atoms with Crippen LogP contribution in [0.15, 0.2) is 36.4 Å². The Bertz CT molecular complexity index is 852. The van der Waals surface area contributed by atoms with Gasteiger partial charge in [-0.2, -0.15) is 0 Å². The second-order valence-corrected chi connectivity index (χ2v) is 10.1. The van der Waals surface area contributed by atoms with Gasteiger partial charge in [0.1, 0.15) is 17.4 Å². The highest BCUT2D eigenvalue weighted by Gasteiger charge is 2.36. The zero-order valence-electron chi connectivity index (χ0n) is 19.7. The molecule has 1 nitrogen and oxygen atoms in total. The van der Waals surface area contributed by atoms with Gasteiger partial charge in [0.25, 0.3) is 0 Å². The van der Waals surface area contributed by atoms with Crippen LogP contribution in [0.3, 0.4) is 0 Å². The molecule has 0 bridgehead atoms. The van der Waals surface area contributed by atoms with Gasteiger partial charge in [0, 0.05) is 0 Å². The van der Waals surface area contributed by atoms with Crippen LogP contribution in [0.4, 0.5) is 8.78 Å². The van der Waals surface area contributed by atoms with E-state index >= 15 is 8.78 Å². The van der Waals surface area contributed by atoms with Crippen molar-refractivity contribution in [3.8, 4) is 16.9 Å². The van der Waals surface area contributed by atoms with Crippen molar-refractivity contribution in [3.63, 3.8) is 0 Å². The second kappa shape index (κ2) is 10.8. The minimum absolute atomic E-state index is 0.0636. The monoisotopic (exact) mass is 440 g/mol. The number of rotatable bonds is 8. The van der Waals surface area contributed by atoms with Crippen molar-refractivity contribution in [2.24, 2.45) is 17.8 Å². The van der Waals surface area contributed by atoms with Crippen molar-refractivity contribution in [2.75, 3.05) is 7.11 Å². The molecule has 2 aromatic rings. The quantitative estimate of drug-likeness (QED) is 0.372. The molecule has 0 spiro atoms. The van der Waals surface area contributed by atoms with E-state index in [4.69, 9.17) is 4.74 Å². The van der Waals surface area contributed by atoms with Gasteiger partial charge < -0.3 is 4.74 Å². The highest BCUT2D eigenvalue weighted by molar-refractivity contribution is 5.66. The van der Waals surface area contributed by atoms with Crippen molar-refractivity contribution in [3.05, 3.63) is 53.6 Å². The van der Waals surface area contributed by atoms with Gasteiger partial charge in [-0.05, 0) is 91.2 Å². The zero-order chi connectivity index (χ0) is 22.5. The molecule has 174 valence electrons. The normalized spacial score (nSPS) is 25.4. The van der Waals surface area contributed by atoms with Gasteiger partial charge >= 0.3 is 0 Å². The predicted octanol–water partition coefficient (Wildman–Crippen LogP) is 8.91. The average molecular weight is 441 g/mol. The molecule has 2 aliphatic rings. The van der Waals surface area contributed by atoms with Crippen molar-refractivity contribution in [2.45, 2.75) is 83.5 Å². The Hall–Kier alpha value is -1.90. The second-order valence-electron chi connectivity index (χ2n) is 10.1. The summed E-state index contributed by atoms with van der Waals surface area (Å²) in [4.78, 5) is 0. The molecule has 0 amide bonds. The number of ether oxygens (including phenoxy) is 1. The summed E-state index contributed by atoms with van der Waals surface area (Å²) in [6, 6.07) is 10.1. The van der Waals surface area contributed by atoms with E-state index in [2.05, 4.69) is 6.92 Å². The lowest BCUT2D eigenvalue weighted by atomic mass is 9.63. The van der Waals surface area contributed by atoms with Crippen LogP contribution in [0.5, 0.6) is 5.75 Å². The summed E-state index contributed by atoms with van der Waals surface area (Å²) in [5, 5.41) is 0. The molecular formula is C29H38F2O. The van der Waals surface area contributed by atoms with Gasteiger partial charge in [-0.25, -0.2) is 8.78 Å². The highest BCUT2D eigenvalue weighted by atomic mass is 19.1. The molecule has 2 saturated carbocycles. The summed E-state index contributed by atoms with van der Waals surface area (Å²) in [5.41, 5.74) is 1.46. The number of unbranched alkanes of at least 4 members (excludes halogenated alkanes) is 3. The highest BCUT2D eigenvalue weighted by Crippen LogP contribution is 2.49. The SMILES string of the molecule is CCCCCCC1CCC2CC(c3cc(F)c(-c4ccc(OC)cc4)c(F)c3)CCC2C1. The number of benzene rings is 2. The van der Waals surface area contributed by atoms with Gasteiger partial charge in [-0.3, -0.25) is 0 Å². The first-order valence-electron chi connectivity index (χ1n) is 12.7. The van der Waals surface area contributed by atoms with Crippen molar-refractivity contribution >= 4 is 0 Å². The number of fused-ring (bicyclic) bond motifs is 1. The Balaban J connectivity index is 1.39. The van der Waals surface area contributed by atoms with E-state index < -0.39 is 11.6 Å². The van der Waals surface area contributed by atoms with E-state index in [0.29, 0.717) is 11.3 Å². The molecule has 4 unspecified atom stereocenters. The van der Waals surface area contributed by atoms with E-state index in [0.717, 1.165) is 36.2 Å². The van der Waals surface area contributed by atoms with E-state index in [1.807, 2.05) is 0 Å². The Morgan fingerprint density at radius 1 is 0.844 bits per heavy atom. The van der Waals surface area contributed by atoms with Gasteiger partial charge in [-0.15, -0.1) is 0 Å². The maximum atomic E-state index is 15.0. The average Bonchev–Trinajstić information content (AvgIpc) is 2.81. The maximum absolute atomic E-state index is 15.0. The maximum Gasteiger partial charge on any atom is 0.134 e. The van der Waals surface area contributed by atoms with Crippen LogP contribution in [0.2, 0.25) is 0 Å². The van der Waals surface area contributed by atoms with Crippen molar-refractivity contribution in [1.82, 2.24) is 0 Å². The molecule has 2 aromatic carbocycles. The molecular weight excluding hydrogens is 402 g/mol. The molecule has 0 heterocycles. The lowest BCUT2D eigenvalue weighted by molar-refractivity contribution is 0.113. The van der Waals surface area contributed by atoms with Crippen LogP contribution in [0.25, 0.3) is 11.1 Å². The summed E-state index contributed by atoms with van der Waals surface area (Å²) >= 11 is 0. The molecule has 0 aromatic heterocycles. The lowest BCUT2D eigenvalue weighted by Gasteiger charge is -2.42. The van der Waals surface area contributed by atoms with Crippen molar-refractivity contribution in [1.29, 1.82) is 0 Å². The van der Waals surface area contributed by atoms with Crippen LogP contribution >= 0.6 is 0 Å². The number of hydrogen-bond acceptors (Lipinski definition) is 1. The third-order valence-corrected chi connectivity index (χ3v) is 8.10. The molecule has 4 atom stereocenters. The first kappa shape index (κ1) is 23.3. The largest absolute Gasteiger partial charge is 0.497 e. The Morgan fingerprint density at radius 2 is 1.53 bits per heavy atom. The number of methoxy groups -OCH3 is 1. The van der Waals surface area contributed by atoms with E-state index in [1.54, 1.807) is 43.5 Å². The Labute approximate surface area is 192 Å². The first-order chi connectivity index (χ1) is 15.6. The fourth-order valence-corrected chi connectivity index (χ4v) is 6.27. The molecule has 0 N–H and O–H groups in total. The summed E-state index contributed by atoms with van der Waals surface area (Å²) in [6.07, 6.45) is 14.2. The van der Waals surface area contributed by atoms with Crippen LogP contribution in [0.1, 0.15) is 89.0 Å². The van der Waals surface area contributed by atoms with Crippen LogP contribution in [-0.2, 0) is 0 Å². The van der Waals surface area contributed by atoms with Crippen LogP contribution in [-0.4, -0.2) is 7.11 Å². The van der Waals surface area contributed by atoms with Crippen molar-refractivity contribution < 1.29 is 13.5 Å².